The molecule has 0 bridgehead atoms. The summed E-state index contributed by atoms with van der Waals surface area (Å²) in [7, 11) is 0. The molecule has 1 heterocycles. The Morgan fingerprint density at radius 2 is 2.33 bits per heavy atom. The highest BCUT2D eigenvalue weighted by Gasteiger charge is 2.25. The van der Waals surface area contributed by atoms with E-state index in [2.05, 4.69) is 0 Å². The number of aliphatic hydroxyl groups excluding tert-OH is 1. The Kier molecular flexibility index (Phi) is 3.02. The van der Waals surface area contributed by atoms with Crippen LogP contribution in [0.5, 0.6) is 0 Å². The lowest BCUT2D eigenvalue weighted by Gasteiger charge is -2.32. The minimum Gasteiger partial charge on any atom is -0.480 e. The quantitative estimate of drug-likeness (QED) is 0.472. The summed E-state index contributed by atoms with van der Waals surface area (Å²) in [5, 5.41) is 17.8. The molecule has 0 saturated carbocycles. The molecule has 1 rings (SSSR count). The summed E-state index contributed by atoms with van der Waals surface area (Å²) < 4.78 is 0. The van der Waals surface area contributed by atoms with Crippen LogP contribution in [0.15, 0.2) is 0 Å². The van der Waals surface area contributed by atoms with Crippen LogP contribution in [0.2, 0.25) is 0 Å². The van der Waals surface area contributed by atoms with Crippen molar-refractivity contribution >= 4 is 5.97 Å². The van der Waals surface area contributed by atoms with Gasteiger partial charge in [0.15, 0.2) is 0 Å². The van der Waals surface area contributed by atoms with E-state index in [1.165, 1.54) is 0 Å². The van der Waals surface area contributed by atoms with Gasteiger partial charge in [-0.2, -0.15) is 0 Å². The molecule has 0 spiro atoms. The van der Waals surface area contributed by atoms with E-state index >= 15 is 0 Å². The topological polar surface area (TPSA) is 86.8 Å². The molecule has 0 aromatic carbocycles. The van der Waals surface area contributed by atoms with Gasteiger partial charge in [0.2, 0.25) is 0 Å². The summed E-state index contributed by atoms with van der Waals surface area (Å²) in [5.41, 5.74) is 5.55. The third kappa shape index (κ3) is 2.44. The first-order valence-electron chi connectivity index (χ1n) is 3.97. The van der Waals surface area contributed by atoms with E-state index in [9.17, 15) is 9.90 Å². The number of aliphatic hydroxyl groups is 1. The second kappa shape index (κ2) is 3.84. The maximum atomic E-state index is 10.3. The fraction of sp³-hybridized carbons (Fsp3) is 0.857. The summed E-state index contributed by atoms with van der Waals surface area (Å²) >= 11 is 0. The van der Waals surface area contributed by atoms with Gasteiger partial charge < -0.3 is 15.9 Å². The molecule has 1 aliphatic rings. The minimum atomic E-state index is -0.863. The first-order valence-corrected chi connectivity index (χ1v) is 3.97. The van der Waals surface area contributed by atoms with Gasteiger partial charge in [0.25, 0.3) is 0 Å². The number of nitrogens with two attached hydrogens (primary N) is 1. The average Bonchev–Trinajstić information content (AvgIpc) is 1.96. The van der Waals surface area contributed by atoms with Gasteiger partial charge in [-0.05, 0) is 6.42 Å². The van der Waals surface area contributed by atoms with E-state index in [4.69, 9.17) is 10.8 Å². The first kappa shape index (κ1) is 9.44. The number of nitrogens with zero attached hydrogens (tertiary/aromatic N) is 1. The van der Waals surface area contributed by atoms with Gasteiger partial charge in [-0.15, -0.1) is 0 Å². The molecule has 1 saturated heterocycles. The van der Waals surface area contributed by atoms with Crippen molar-refractivity contribution in [1.29, 1.82) is 0 Å². The zero-order chi connectivity index (χ0) is 9.14. The molecule has 0 amide bonds. The number of piperidine rings is 1. The first-order chi connectivity index (χ1) is 5.59. The average molecular weight is 174 g/mol. The zero-order valence-electron chi connectivity index (χ0n) is 6.81. The zero-order valence-corrected chi connectivity index (χ0v) is 6.81. The third-order valence-corrected chi connectivity index (χ3v) is 2.08. The largest absolute Gasteiger partial charge is 0.480 e. The molecule has 4 N–H and O–H groups in total. The molecule has 5 nitrogen and oxygen atoms in total. The summed E-state index contributed by atoms with van der Waals surface area (Å²) in [5.74, 6) is -0.863. The maximum absolute atomic E-state index is 10.3. The predicted molar refractivity (Wildman–Crippen MR) is 42.7 cm³/mol. The predicted octanol–water partition coefficient (Wildman–Crippen LogP) is -1.54. The van der Waals surface area contributed by atoms with E-state index < -0.39 is 12.1 Å². The Balaban J connectivity index is 2.35. The lowest BCUT2D eigenvalue weighted by Crippen LogP contribution is -2.51. The van der Waals surface area contributed by atoms with Gasteiger partial charge >= 0.3 is 5.97 Å². The Hall–Kier alpha value is -0.650. The van der Waals surface area contributed by atoms with Crippen LogP contribution in [0.1, 0.15) is 6.42 Å². The number of rotatable bonds is 2. The van der Waals surface area contributed by atoms with Gasteiger partial charge in [-0.1, -0.05) is 0 Å². The maximum Gasteiger partial charge on any atom is 0.317 e. The number of likely N-dealkylation sites (tertiary alicyclic amines) is 1. The fourth-order valence-corrected chi connectivity index (χ4v) is 1.35. The Labute approximate surface area is 70.8 Å². The van der Waals surface area contributed by atoms with E-state index in [-0.39, 0.29) is 12.6 Å². The monoisotopic (exact) mass is 174 g/mol. The van der Waals surface area contributed by atoms with Crippen molar-refractivity contribution in [2.45, 2.75) is 18.6 Å². The molecule has 12 heavy (non-hydrogen) atoms. The molecule has 0 aromatic heterocycles. The lowest BCUT2D eigenvalue weighted by molar-refractivity contribution is -0.139. The van der Waals surface area contributed by atoms with Crippen molar-refractivity contribution in [3.63, 3.8) is 0 Å². The molecule has 70 valence electrons. The van der Waals surface area contributed by atoms with Crippen molar-refractivity contribution in [2.24, 2.45) is 5.73 Å². The van der Waals surface area contributed by atoms with Crippen molar-refractivity contribution in [2.75, 3.05) is 19.6 Å². The van der Waals surface area contributed by atoms with Gasteiger partial charge in [-0.25, -0.2) is 0 Å². The molecule has 2 unspecified atom stereocenters. The molecular formula is C7H14N2O3. The molecule has 0 aromatic rings. The van der Waals surface area contributed by atoms with E-state index in [1.54, 1.807) is 4.90 Å². The van der Waals surface area contributed by atoms with Crippen LogP contribution in [-0.2, 0) is 4.79 Å². The Morgan fingerprint density at radius 3 is 2.83 bits per heavy atom. The molecule has 2 atom stereocenters. The van der Waals surface area contributed by atoms with Crippen molar-refractivity contribution in [1.82, 2.24) is 4.90 Å². The number of hydrogen-bond acceptors (Lipinski definition) is 4. The van der Waals surface area contributed by atoms with Crippen molar-refractivity contribution < 1.29 is 15.0 Å². The summed E-state index contributed by atoms with van der Waals surface area (Å²) in [6.45, 7) is 1.02. The van der Waals surface area contributed by atoms with Crippen LogP contribution in [0, 0.1) is 0 Å². The van der Waals surface area contributed by atoms with Crippen LogP contribution in [0.4, 0.5) is 0 Å². The second-order valence-corrected chi connectivity index (χ2v) is 3.15. The Bertz CT molecular complexity index is 174. The molecule has 0 radical (unpaired) electrons. The summed E-state index contributed by atoms with van der Waals surface area (Å²) in [6, 6.07) is -0.199. The smallest absolute Gasteiger partial charge is 0.317 e. The van der Waals surface area contributed by atoms with E-state index in [1.807, 2.05) is 0 Å². The van der Waals surface area contributed by atoms with Gasteiger partial charge in [-0.3, -0.25) is 9.69 Å². The van der Waals surface area contributed by atoms with Crippen molar-refractivity contribution in [3.05, 3.63) is 0 Å². The minimum absolute atomic E-state index is 0.0101. The summed E-state index contributed by atoms with van der Waals surface area (Å²) in [4.78, 5) is 12.0. The number of carboxylic acid groups (broad SMARTS) is 1. The van der Waals surface area contributed by atoms with Crippen LogP contribution < -0.4 is 5.73 Å². The lowest BCUT2D eigenvalue weighted by atomic mass is 10.0. The highest BCUT2D eigenvalue weighted by Crippen LogP contribution is 2.08. The van der Waals surface area contributed by atoms with Gasteiger partial charge in [0.05, 0.1) is 12.6 Å². The number of carboxylic acids is 1. The highest BCUT2D eigenvalue weighted by atomic mass is 16.4. The molecule has 1 aliphatic heterocycles. The SMILES string of the molecule is NC1CCN(CC(=O)O)CC1O. The highest BCUT2D eigenvalue weighted by molar-refractivity contribution is 5.69. The summed E-state index contributed by atoms with van der Waals surface area (Å²) in [6.07, 6.45) is 0.0761. The number of β-amino-alcohol motifs (C(OH)–C–C–N with tert-alkyl or cyclic N) is 1. The molecule has 0 aliphatic carbocycles. The van der Waals surface area contributed by atoms with Crippen LogP contribution >= 0.6 is 0 Å². The number of hydrogen-bond donors (Lipinski definition) is 3. The van der Waals surface area contributed by atoms with E-state index in [0.717, 1.165) is 0 Å². The number of carbonyl (C=O) groups is 1. The van der Waals surface area contributed by atoms with Crippen LogP contribution in [-0.4, -0.2) is 52.9 Å². The third-order valence-electron chi connectivity index (χ3n) is 2.08. The molecule has 1 fully saturated rings. The van der Waals surface area contributed by atoms with Gasteiger partial charge in [0.1, 0.15) is 0 Å². The normalized spacial score (nSPS) is 31.8. The van der Waals surface area contributed by atoms with Crippen molar-refractivity contribution in [3.8, 4) is 0 Å². The van der Waals surface area contributed by atoms with Crippen LogP contribution in [0.25, 0.3) is 0 Å². The van der Waals surface area contributed by atoms with E-state index in [0.29, 0.717) is 19.5 Å². The molecule has 5 heteroatoms. The second-order valence-electron chi connectivity index (χ2n) is 3.15. The number of aliphatic carboxylic acids is 1. The fourth-order valence-electron chi connectivity index (χ4n) is 1.35. The molecular weight excluding hydrogens is 160 g/mol. The van der Waals surface area contributed by atoms with Gasteiger partial charge in [0, 0.05) is 19.1 Å². The standard InChI is InChI=1S/C7H14N2O3/c8-5-1-2-9(3-6(5)10)4-7(11)12/h5-6,10H,1-4,8H2,(H,11,12). The Morgan fingerprint density at radius 1 is 1.67 bits per heavy atom. The van der Waals surface area contributed by atoms with Crippen LogP contribution in [0.3, 0.4) is 0 Å².